The number of likely N-dealkylation sites (N-methyl/N-ethyl adjacent to an activating group) is 1. The molecular weight excluding hydrogens is 368 g/mol. The lowest BCUT2D eigenvalue weighted by molar-refractivity contribution is -0.133. The summed E-state index contributed by atoms with van der Waals surface area (Å²) >= 11 is 0. The summed E-state index contributed by atoms with van der Waals surface area (Å²) in [5.74, 6) is -0.943. The average molecular weight is 403 g/mol. The van der Waals surface area contributed by atoms with Crippen LogP contribution >= 0.6 is 0 Å². The molecule has 0 aromatic heterocycles. The molecule has 7 heteroatoms. The van der Waals surface area contributed by atoms with Crippen LogP contribution in [0.1, 0.15) is 57.7 Å². The van der Waals surface area contributed by atoms with Crippen LogP contribution in [-0.2, 0) is 20.8 Å². The molecule has 160 valence electrons. The van der Waals surface area contributed by atoms with Crippen molar-refractivity contribution in [2.24, 2.45) is 5.92 Å². The number of amides is 3. The summed E-state index contributed by atoms with van der Waals surface area (Å²) in [6, 6.07) is 6.30. The van der Waals surface area contributed by atoms with E-state index in [1.807, 2.05) is 26.0 Å². The van der Waals surface area contributed by atoms with Crippen molar-refractivity contribution in [3.05, 3.63) is 35.4 Å². The molecule has 0 saturated carbocycles. The fraction of sp³-hybridized carbons (Fsp3) is 0.591. The molecule has 0 radical (unpaired) electrons. The van der Waals surface area contributed by atoms with Crippen LogP contribution in [0.15, 0.2) is 24.3 Å². The Hall–Kier alpha value is -2.41. The van der Waals surface area contributed by atoms with Crippen LogP contribution in [0.3, 0.4) is 0 Å². The first kappa shape index (κ1) is 22.9. The minimum Gasteiger partial charge on any atom is -0.348 e. The first-order chi connectivity index (χ1) is 13.7. The van der Waals surface area contributed by atoms with Crippen LogP contribution in [0.4, 0.5) is 0 Å². The molecule has 3 amide bonds. The molecule has 0 aliphatic heterocycles. The monoisotopic (exact) mass is 402 g/mol. The molecule has 0 heterocycles. The molecule has 0 unspecified atom stereocenters. The normalized spacial score (nSPS) is 18.9. The van der Waals surface area contributed by atoms with Gasteiger partial charge in [-0.15, -0.1) is 0 Å². The van der Waals surface area contributed by atoms with Gasteiger partial charge in [0.1, 0.15) is 12.1 Å². The lowest BCUT2D eigenvalue weighted by atomic mass is 9.87. The van der Waals surface area contributed by atoms with Crippen LogP contribution in [0.2, 0.25) is 0 Å². The maximum absolute atomic E-state index is 12.7. The maximum Gasteiger partial charge on any atom is 0.243 e. The standard InChI is InChI=1S/C22H34N4O3/c1-13(2)19(26-20(27)14(3)23-5)22(29)24-15(4)21(28)25-18-12-8-10-16-9-6-7-11-17(16)18/h6-7,9,11,13-15,18-19,23H,8,10,12H2,1-5H3,(H,24,29)(H,25,28)(H,26,27)/t14-,15-,18+,19-/m0/s1. The maximum atomic E-state index is 12.7. The largest absolute Gasteiger partial charge is 0.348 e. The molecule has 0 bridgehead atoms. The molecule has 7 nitrogen and oxygen atoms in total. The van der Waals surface area contributed by atoms with Crippen LogP contribution < -0.4 is 21.3 Å². The average Bonchev–Trinajstić information content (AvgIpc) is 2.70. The van der Waals surface area contributed by atoms with E-state index in [9.17, 15) is 14.4 Å². The van der Waals surface area contributed by atoms with Gasteiger partial charge in [0.05, 0.1) is 12.1 Å². The van der Waals surface area contributed by atoms with E-state index in [1.165, 1.54) is 5.56 Å². The van der Waals surface area contributed by atoms with Gasteiger partial charge >= 0.3 is 0 Å². The van der Waals surface area contributed by atoms with E-state index in [-0.39, 0.29) is 29.7 Å². The first-order valence-electron chi connectivity index (χ1n) is 10.4. The number of hydrogen-bond acceptors (Lipinski definition) is 4. The number of carbonyl (C=O) groups excluding carboxylic acids is 3. The van der Waals surface area contributed by atoms with Crippen LogP contribution in [0, 0.1) is 5.92 Å². The minimum atomic E-state index is -0.705. The summed E-state index contributed by atoms with van der Waals surface area (Å²) in [5, 5.41) is 11.4. The summed E-state index contributed by atoms with van der Waals surface area (Å²) in [7, 11) is 1.69. The summed E-state index contributed by atoms with van der Waals surface area (Å²) in [6.45, 7) is 7.11. The predicted octanol–water partition coefficient (Wildman–Crippen LogP) is 1.43. The highest BCUT2D eigenvalue weighted by molar-refractivity contribution is 5.93. The van der Waals surface area contributed by atoms with Crippen LogP contribution in [0.25, 0.3) is 0 Å². The van der Waals surface area contributed by atoms with E-state index in [0.717, 1.165) is 24.8 Å². The summed E-state index contributed by atoms with van der Waals surface area (Å²) in [5.41, 5.74) is 2.42. The third-order valence-corrected chi connectivity index (χ3v) is 5.51. The van der Waals surface area contributed by atoms with E-state index in [0.29, 0.717) is 0 Å². The molecule has 1 aromatic carbocycles. The van der Waals surface area contributed by atoms with E-state index >= 15 is 0 Å². The fourth-order valence-corrected chi connectivity index (χ4v) is 3.51. The zero-order valence-electron chi connectivity index (χ0n) is 18.0. The van der Waals surface area contributed by atoms with Crippen molar-refractivity contribution < 1.29 is 14.4 Å². The molecule has 4 N–H and O–H groups in total. The Kier molecular flexibility index (Phi) is 8.20. The SMILES string of the molecule is CN[C@@H](C)C(=O)N[C@H](C(=O)N[C@@H](C)C(=O)N[C@@H]1CCCc2ccccc21)C(C)C. The molecule has 29 heavy (non-hydrogen) atoms. The third kappa shape index (κ3) is 6.03. The third-order valence-electron chi connectivity index (χ3n) is 5.51. The van der Waals surface area contributed by atoms with Gasteiger partial charge in [0.15, 0.2) is 0 Å². The van der Waals surface area contributed by atoms with Gasteiger partial charge in [-0.2, -0.15) is 0 Å². The number of rotatable bonds is 8. The van der Waals surface area contributed by atoms with E-state index < -0.39 is 18.1 Å². The molecular formula is C22H34N4O3. The van der Waals surface area contributed by atoms with Gasteiger partial charge in [-0.05, 0) is 57.2 Å². The topological polar surface area (TPSA) is 99.3 Å². The lowest BCUT2D eigenvalue weighted by Crippen LogP contribution is -2.56. The molecule has 1 aliphatic rings. The van der Waals surface area contributed by atoms with Crippen molar-refractivity contribution >= 4 is 17.7 Å². The number of hydrogen-bond donors (Lipinski definition) is 4. The fourth-order valence-electron chi connectivity index (χ4n) is 3.51. The molecule has 1 aliphatic carbocycles. The van der Waals surface area contributed by atoms with Crippen molar-refractivity contribution in [2.75, 3.05) is 7.05 Å². The Morgan fingerprint density at radius 2 is 1.62 bits per heavy atom. The van der Waals surface area contributed by atoms with Crippen molar-refractivity contribution in [1.82, 2.24) is 21.3 Å². The van der Waals surface area contributed by atoms with Gasteiger partial charge in [-0.3, -0.25) is 14.4 Å². The number of fused-ring (bicyclic) bond motifs is 1. The Bertz CT molecular complexity index is 735. The molecule has 2 rings (SSSR count). The minimum absolute atomic E-state index is 0.0381. The number of benzene rings is 1. The van der Waals surface area contributed by atoms with E-state index in [4.69, 9.17) is 0 Å². The summed E-state index contributed by atoms with van der Waals surface area (Å²) in [6.07, 6.45) is 2.93. The highest BCUT2D eigenvalue weighted by Crippen LogP contribution is 2.29. The first-order valence-corrected chi connectivity index (χ1v) is 10.4. The summed E-state index contributed by atoms with van der Waals surface area (Å²) < 4.78 is 0. The molecule has 4 atom stereocenters. The van der Waals surface area contributed by atoms with Gasteiger partial charge in [-0.25, -0.2) is 0 Å². The van der Waals surface area contributed by atoms with Gasteiger partial charge in [0, 0.05) is 0 Å². The molecule has 0 saturated heterocycles. The number of nitrogens with one attached hydrogen (secondary N) is 4. The zero-order valence-corrected chi connectivity index (χ0v) is 18.0. The second-order valence-electron chi connectivity index (χ2n) is 8.12. The molecule has 0 fully saturated rings. The lowest BCUT2D eigenvalue weighted by Gasteiger charge is -2.28. The van der Waals surface area contributed by atoms with E-state index in [2.05, 4.69) is 33.4 Å². The van der Waals surface area contributed by atoms with Gasteiger partial charge < -0.3 is 21.3 Å². The molecule has 0 spiro atoms. The van der Waals surface area contributed by atoms with Gasteiger partial charge in [-0.1, -0.05) is 38.1 Å². The highest BCUT2D eigenvalue weighted by atomic mass is 16.2. The van der Waals surface area contributed by atoms with Gasteiger partial charge in [0.2, 0.25) is 17.7 Å². The summed E-state index contributed by atoms with van der Waals surface area (Å²) in [4.78, 5) is 37.6. The van der Waals surface area contributed by atoms with Crippen molar-refractivity contribution in [2.45, 2.75) is 71.1 Å². The second kappa shape index (κ2) is 10.4. The number of aryl methyl sites for hydroxylation is 1. The van der Waals surface area contributed by atoms with E-state index in [1.54, 1.807) is 20.9 Å². The Morgan fingerprint density at radius 3 is 2.28 bits per heavy atom. The Labute approximate surface area is 173 Å². The quantitative estimate of drug-likeness (QED) is 0.529. The predicted molar refractivity (Wildman–Crippen MR) is 113 cm³/mol. The second-order valence-corrected chi connectivity index (χ2v) is 8.12. The van der Waals surface area contributed by atoms with Crippen molar-refractivity contribution in [3.63, 3.8) is 0 Å². The Morgan fingerprint density at radius 1 is 0.931 bits per heavy atom. The Balaban J connectivity index is 1.97. The van der Waals surface area contributed by atoms with Crippen LogP contribution in [0.5, 0.6) is 0 Å². The van der Waals surface area contributed by atoms with Crippen molar-refractivity contribution in [1.29, 1.82) is 0 Å². The van der Waals surface area contributed by atoms with Crippen LogP contribution in [-0.4, -0.2) is 42.9 Å². The smallest absolute Gasteiger partial charge is 0.243 e. The number of carbonyl (C=O) groups is 3. The molecule has 1 aromatic rings. The highest BCUT2D eigenvalue weighted by Gasteiger charge is 2.29. The zero-order chi connectivity index (χ0) is 21.6. The van der Waals surface area contributed by atoms with Gasteiger partial charge in [0.25, 0.3) is 0 Å². The van der Waals surface area contributed by atoms with Crippen molar-refractivity contribution in [3.8, 4) is 0 Å².